The van der Waals surface area contributed by atoms with E-state index in [-0.39, 0.29) is 17.8 Å². The molecule has 39 heavy (non-hydrogen) atoms. The molecule has 0 aliphatic carbocycles. The Morgan fingerprint density at radius 1 is 0.974 bits per heavy atom. The molecule has 3 aromatic rings. The van der Waals surface area contributed by atoms with Crippen molar-refractivity contribution in [2.45, 2.75) is 39.5 Å². The quantitative estimate of drug-likeness (QED) is 0.343. The number of halogens is 1. The van der Waals surface area contributed by atoms with Crippen molar-refractivity contribution in [3.63, 3.8) is 0 Å². The van der Waals surface area contributed by atoms with Crippen molar-refractivity contribution < 1.29 is 27.1 Å². The van der Waals surface area contributed by atoms with Crippen LogP contribution in [0.4, 0.5) is 10.1 Å². The molecule has 0 spiro atoms. The summed E-state index contributed by atoms with van der Waals surface area (Å²) >= 11 is 0. The minimum Gasteiger partial charge on any atom is -0.489 e. The van der Waals surface area contributed by atoms with Crippen LogP contribution in [0.2, 0.25) is 0 Å². The van der Waals surface area contributed by atoms with Gasteiger partial charge in [0.25, 0.3) is 0 Å². The fourth-order valence-corrected chi connectivity index (χ4v) is 4.70. The maximum Gasteiger partial charge on any atom is 0.244 e. The normalized spacial score (nSPS) is 11.9. The van der Waals surface area contributed by atoms with E-state index in [1.54, 1.807) is 30.3 Å². The van der Waals surface area contributed by atoms with E-state index in [9.17, 15) is 22.4 Å². The van der Waals surface area contributed by atoms with Gasteiger partial charge in [0.05, 0.1) is 11.9 Å². The van der Waals surface area contributed by atoms with Crippen LogP contribution in [0.3, 0.4) is 0 Å². The minimum absolute atomic E-state index is 0.198. The molecule has 0 radical (unpaired) electrons. The van der Waals surface area contributed by atoms with Crippen molar-refractivity contribution in [2.24, 2.45) is 0 Å². The highest BCUT2D eigenvalue weighted by molar-refractivity contribution is 7.92. The van der Waals surface area contributed by atoms with Crippen LogP contribution in [0, 0.1) is 5.82 Å². The van der Waals surface area contributed by atoms with Crippen LogP contribution >= 0.6 is 0 Å². The molecule has 3 rings (SSSR count). The minimum atomic E-state index is -3.89. The summed E-state index contributed by atoms with van der Waals surface area (Å²) in [7, 11) is -3.89. The Morgan fingerprint density at radius 2 is 1.62 bits per heavy atom. The first-order valence-corrected chi connectivity index (χ1v) is 14.5. The summed E-state index contributed by atoms with van der Waals surface area (Å²) in [5.41, 5.74) is 1.45. The molecular formula is C29H34FN3O5S. The van der Waals surface area contributed by atoms with Crippen molar-refractivity contribution in [2.75, 3.05) is 23.7 Å². The number of anilines is 1. The van der Waals surface area contributed by atoms with Crippen LogP contribution < -0.4 is 14.4 Å². The lowest BCUT2D eigenvalue weighted by Gasteiger charge is -2.31. The number of nitrogens with zero attached hydrogens (tertiary/aromatic N) is 2. The first-order chi connectivity index (χ1) is 18.6. The van der Waals surface area contributed by atoms with E-state index in [2.05, 4.69) is 5.32 Å². The smallest absolute Gasteiger partial charge is 0.244 e. The summed E-state index contributed by atoms with van der Waals surface area (Å²) < 4.78 is 46.6. The van der Waals surface area contributed by atoms with Crippen LogP contribution in [0.15, 0.2) is 78.9 Å². The fraction of sp³-hybridized carbons (Fsp3) is 0.310. The van der Waals surface area contributed by atoms with Crippen molar-refractivity contribution in [3.05, 3.63) is 95.8 Å². The Kier molecular flexibility index (Phi) is 10.4. The maximum atomic E-state index is 14.4. The van der Waals surface area contributed by atoms with Gasteiger partial charge in [-0.3, -0.25) is 13.9 Å². The first-order valence-electron chi connectivity index (χ1n) is 12.6. The van der Waals surface area contributed by atoms with Crippen LogP contribution in [0.25, 0.3) is 0 Å². The summed E-state index contributed by atoms with van der Waals surface area (Å²) in [6.07, 6.45) is 1.70. The number of amides is 2. The van der Waals surface area contributed by atoms with Crippen LogP contribution in [0.1, 0.15) is 31.4 Å². The largest absolute Gasteiger partial charge is 0.489 e. The zero-order valence-corrected chi connectivity index (χ0v) is 23.2. The van der Waals surface area contributed by atoms with Crippen LogP contribution in [-0.4, -0.2) is 50.5 Å². The van der Waals surface area contributed by atoms with Crippen molar-refractivity contribution in [3.8, 4) is 5.75 Å². The molecule has 0 aromatic heterocycles. The number of carbonyl (C=O) groups excluding carboxylic acids is 2. The van der Waals surface area contributed by atoms with Gasteiger partial charge in [-0.1, -0.05) is 55.5 Å². The van der Waals surface area contributed by atoms with Crippen LogP contribution in [-0.2, 0) is 32.8 Å². The highest BCUT2D eigenvalue weighted by atomic mass is 32.2. The molecular weight excluding hydrogens is 521 g/mol. The van der Waals surface area contributed by atoms with E-state index in [0.29, 0.717) is 25.3 Å². The molecule has 0 saturated carbocycles. The molecule has 0 aliphatic heterocycles. The Labute approximate surface area is 229 Å². The number of benzene rings is 3. The highest BCUT2D eigenvalue weighted by Crippen LogP contribution is 2.23. The molecule has 1 atom stereocenters. The molecule has 3 aromatic carbocycles. The first kappa shape index (κ1) is 29.6. The van der Waals surface area contributed by atoms with Gasteiger partial charge < -0.3 is 15.0 Å². The molecule has 2 amide bonds. The van der Waals surface area contributed by atoms with E-state index < -0.39 is 40.2 Å². The highest BCUT2D eigenvalue weighted by Gasteiger charge is 2.30. The summed E-state index contributed by atoms with van der Waals surface area (Å²) in [6, 6.07) is 20.9. The molecule has 208 valence electrons. The van der Waals surface area contributed by atoms with Gasteiger partial charge in [0.15, 0.2) is 0 Å². The third-order valence-electron chi connectivity index (χ3n) is 6.07. The Balaban J connectivity index is 1.82. The number of hydrogen-bond donors (Lipinski definition) is 1. The second kappa shape index (κ2) is 13.7. The Bertz CT molecular complexity index is 1350. The third kappa shape index (κ3) is 8.54. The van der Waals surface area contributed by atoms with E-state index in [1.165, 1.54) is 30.0 Å². The zero-order chi connectivity index (χ0) is 28.4. The molecule has 1 N–H and O–H groups in total. The van der Waals surface area contributed by atoms with Gasteiger partial charge in [-0.15, -0.1) is 0 Å². The summed E-state index contributed by atoms with van der Waals surface area (Å²) in [4.78, 5) is 27.5. The SMILES string of the molecule is CCCNC(=O)C(C)N(Cc1ccccc1F)C(=O)CN(c1ccc(OCc2ccccc2)cc1)S(C)(=O)=O. The molecule has 0 saturated heterocycles. The predicted molar refractivity (Wildman–Crippen MR) is 149 cm³/mol. The number of rotatable bonds is 13. The zero-order valence-electron chi connectivity index (χ0n) is 22.3. The van der Waals surface area contributed by atoms with Gasteiger partial charge in [-0.05, 0) is 49.2 Å². The van der Waals surface area contributed by atoms with Gasteiger partial charge in [0, 0.05) is 18.7 Å². The van der Waals surface area contributed by atoms with Crippen molar-refractivity contribution in [1.29, 1.82) is 0 Å². The lowest BCUT2D eigenvalue weighted by molar-refractivity contribution is -0.139. The average molecular weight is 556 g/mol. The van der Waals surface area contributed by atoms with E-state index >= 15 is 0 Å². The molecule has 0 fully saturated rings. The van der Waals surface area contributed by atoms with Gasteiger partial charge in [0.1, 0.15) is 30.8 Å². The van der Waals surface area contributed by atoms with E-state index in [0.717, 1.165) is 16.1 Å². The van der Waals surface area contributed by atoms with Gasteiger partial charge in [-0.25, -0.2) is 12.8 Å². The Hall–Kier alpha value is -3.92. The number of ether oxygens (including phenoxy) is 1. The van der Waals surface area contributed by atoms with Gasteiger partial charge in [0.2, 0.25) is 21.8 Å². The topological polar surface area (TPSA) is 96.0 Å². The third-order valence-corrected chi connectivity index (χ3v) is 7.21. The average Bonchev–Trinajstić information content (AvgIpc) is 2.93. The lowest BCUT2D eigenvalue weighted by Crippen LogP contribution is -2.51. The molecule has 0 bridgehead atoms. The lowest BCUT2D eigenvalue weighted by atomic mass is 10.1. The van der Waals surface area contributed by atoms with Crippen molar-refractivity contribution in [1.82, 2.24) is 10.2 Å². The Morgan fingerprint density at radius 3 is 2.23 bits per heavy atom. The van der Waals surface area contributed by atoms with Crippen molar-refractivity contribution >= 4 is 27.5 Å². The van der Waals surface area contributed by atoms with E-state index in [1.807, 2.05) is 37.3 Å². The molecule has 1 unspecified atom stereocenters. The summed E-state index contributed by atoms with van der Waals surface area (Å²) in [5.74, 6) is -1.05. The number of sulfonamides is 1. The molecule has 0 heterocycles. The number of nitrogens with one attached hydrogen (secondary N) is 1. The number of hydrogen-bond acceptors (Lipinski definition) is 5. The van der Waals surface area contributed by atoms with E-state index in [4.69, 9.17) is 4.74 Å². The molecule has 10 heteroatoms. The molecule has 0 aliphatic rings. The van der Waals surface area contributed by atoms with Crippen LogP contribution in [0.5, 0.6) is 5.75 Å². The van der Waals surface area contributed by atoms with Gasteiger partial charge in [-0.2, -0.15) is 0 Å². The number of carbonyl (C=O) groups is 2. The molecule has 8 nitrogen and oxygen atoms in total. The summed E-state index contributed by atoms with van der Waals surface area (Å²) in [5, 5.41) is 2.74. The monoisotopic (exact) mass is 555 g/mol. The second-order valence-corrected chi connectivity index (χ2v) is 11.0. The van der Waals surface area contributed by atoms with Gasteiger partial charge >= 0.3 is 0 Å². The predicted octanol–water partition coefficient (Wildman–Crippen LogP) is 4.11. The maximum absolute atomic E-state index is 14.4. The summed E-state index contributed by atoms with van der Waals surface area (Å²) in [6.45, 7) is 3.43. The fourth-order valence-electron chi connectivity index (χ4n) is 3.85. The second-order valence-electron chi connectivity index (χ2n) is 9.12. The standard InChI is InChI=1S/C29H34FN3O5S/c1-4-18-31-29(35)22(2)32(19-24-12-8-9-13-27(24)30)28(34)20-33(39(3,36)37)25-14-16-26(17-15-25)38-21-23-10-6-5-7-11-23/h5-17,22H,4,18-21H2,1-3H3,(H,31,35).